The van der Waals surface area contributed by atoms with Gasteiger partial charge in [0.25, 0.3) is 0 Å². The summed E-state index contributed by atoms with van der Waals surface area (Å²) < 4.78 is 0. The van der Waals surface area contributed by atoms with Crippen LogP contribution in [0.1, 0.15) is 6.42 Å². The quantitative estimate of drug-likeness (QED) is 0.803. The van der Waals surface area contributed by atoms with E-state index in [0.29, 0.717) is 6.54 Å². The minimum atomic E-state index is -0.120. The van der Waals surface area contributed by atoms with Crippen molar-refractivity contribution in [3.8, 4) is 0 Å². The summed E-state index contributed by atoms with van der Waals surface area (Å²) in [6.07, 6.45) is 0.987. The molecule has 1 saturated heterocycles. The van der Waals surface area contributed by atoms with Crippen LogP contribution >= 0.6 is 0 Å². The maximum atomic E-state index is 12.0. The molecule has 0 bridgehead atoms. The zero-order valence-electron chi connectivity index (χ0n) is 10.1. The predicted octanol–water partition coefficient (Wildman–Crippen LogP) is 0.601. The highest BCUT2D eigenvalue weighted by atomic mass is 16.2. The Morgan fingerprint density at radius 3 is 2.88 bits per heavy atom. The SMILES string of the molecule is CNCC1C(=O)NCCCN1c1ccccc1. The van der Waals surface area contributed by atoms with Crippen LogP contribution in [-0.4, -0.2) is 38.6 Å². The highest BCUT2D eigenvalue weighted by Gasteiger charge is 2.27. The third kappa shape index (κ3) is 2.77. The van der Waals surface area contributed by atoms with Crippen LogP contribution in [0, 0.1) is 0 Å². The van der Waals surface area contributed by atoms with Gasteiger partial charge in [-0.2, -0.15) is 0 Å². The molecular formula is C13H19N3O. The first-order valence-electron chi connectivity index (χ1n) is 6.07. The molecule has 1 aliphatic rings. The number of hydrogen-bond acceptors (Lipinski definition) is 3. The minimum Gasteiger partial charge on any atom is -0.358 e. The molecule has 4 heteroatoms. The zero-order chi connectivity index (χ0) is 12.1. The van der Waals surface area contributed by atoms with Gasteiger partial charge in [-0.3, -0.25) is 4.79 Å². The van der Waals surface area contributed by atoms with Crippen molar-refractivity contribution in [1.29, 1.82) is 0 Å². The first-order chi connectivity index (χ1) is 8.33. The van der Waals surface area contributed by atoms with Crippen LogP contribution in [0.5, 0.6) is 0 Å². The van der Waals surface area contributed by atoms with E-state index in [1.807, 2.05) is 25.2 Å². The van der Waals surface area contributed by atoms with Gasteiger partial charge in [-0.05, 0) is 25.6 Å². The maximum absolute atomic E-state index is 12.0. The molecule has 1 heterocycles. The van der Waals surface area contributed by atoms with E-state index >= 15 is 0 Å². The fourth-order valence-corrected chi connectivity index (χ4v) is 2.20. The summed E-state index contributed by atoms with van der Waals surface area (Å²) >= 11 is 0. The first-order valence-corrected chi connectivity index (χ1v) is 6.07. The molecule has 1 aromatic rings. The summed E-state index contributed by atoms with van der Waals surface area (Å²) in [5.74, 6) is 0.112. The number of anilines is 1. The summed E-state index contributed by atoms with van der Waals surface area (Å²) in [7, 11) is 1.88. The smallest absolute Gasteiger partial charge is 0.244 e. The van der Waals surface area contributed by atoms with Crippen LogP contribution in [0.15, 0.2) is 30.3 Å². The number of likely N-dealkylation sites (N-methyl/N-ethyl adjacent to an activating group) is 1. The molecule has 2 N–H and O–H groups in total. The second-order valence-corrected chi connectivity index (χ2v) is 4.25. The Morgan fingerprint density at radius 2 is 2.18 bits per heavy atom. The van der Waals surface area contributed by atoms with E-state index in [2.05, 4.69) is 27.7 Å². The van der Waals surface area contributed by atoms with Gasteiger partial charge in [0, 0.05) is 25.3 Å². The zero-order valence-corrected chi connectivity index (χ0v) is 10.1. The van der Waals surface area contributed by atoms with Crippen LogP contribution in [0.2, 0.25) is 0 Å². The van der Waals surface area contributed by atoms with Crippen LogP contribution in [0.3, 0.4) is 0 Å². The van der Waals surface area contributed by atoms with Crippen molar-refractivity contribution in [2.24, 2.45) is 0 Å². The average Bonchev–Trinajstić information content (AvgIpc) is 2.54. The number of carbonyl (C=O) groups excluding carboxylic acids is 1. The van der Waals surface area contributed by atoms with E-state index in [-0.39, 0.29) is 11.9 Å². The Labute approximate surface area is 102 Å². The highest BCUT2D eigenvalue weighted by Crippen LogP contribution is 2.18. The Hall–Kier alpha value is -1.55. The summed E-state index contributed by atoms with van der Waals surface area (Å²) in [5, 5.41) is 6.05. The number of carbonyl (C=O) groups is 1. The van der Waals surface area contributed by atoms with Gasteiger partial charge in [0.05, 0.1) is 0 Å². The fraction of sp³-hybridized carbons (Fsp3) is 0.462. The number of benzene rings is 1. The predicted molar refractivity (Wildman–Crippen MR) is 69.1 cm³/mol. The van der Waals surface area contributed by atoms with Crippen molar-refractivity contribution < 1.29 is 4.79 Å². The lowest BCUT2D eigenvalue weighted by molar-refractivity contribution is -0.121. The molecule has 17 heavy (non-hydrogen) atoms. The van der Waals surface area contributed by atoms with Gasteiger partial charge in [0.1, 0.15) is 6.04 Å². The maximum Gasteiger partial charge on any atom is 0.244 e. The summed E-state index contributed by atoms with van der Waals surface area (Å²) in [6.45, 7) is 2.35. The van der Waals surface area contributed by atoms with E-state index in [4.69, 9.17) is 0 Å². The Morgan fingerprint density at radius 1 is 1.41 bits per heavy atom. The van der Waals surface area contributed by atoms with Gasteiger partial charge < -0.3 is 15.5 Å². The van der Waals surface area contributed by atoms with Crippen molar-refractivity contribution in [2.75, 3.05) is 31.6 Å². The molecule has 1 aliphatic heterocycles. The standard InChI is InChI=1S/C13H19N3O/c1-14-10-12-13(17)15-8-5-9-16(12)11-6-3-2-4-7-11/h2-4,6-7,12,14H,5,8-10H2,1H3,(H,15,17). The van der Waals surface area contributed by atoms with Crippen molar-refractivity contribution in [2.45, 2.75) is 12.5 Å². The van der Waals surface area contributed by atoms with E-state index in [0.717, 1.165) is 25.2 Å². The van der Waals surface area contributed by atoms with E-state index in [1.54, 1.807) is 0 Å². The van der Waals surface area contributed by atoms with Crippen molar-refractivity contribution in [3.63, 3.8) is 0 Å². The number of rotatable bonds is 3. The number of hydrogen-bond donors (Lipinski definition) is 2. The fourth-order valence-electron chi connectivity index (χ4n) is 2.20. The van der Waals surface area contributed by atoms with Crippen LogP contribution < -0.4 is 15.5 Å². The summed E-state index contributed by atoms with van der Waals surface area (Å²) in [4.78, 5) is 14.2. The van der Waals surface area contributed by atoms with Crippen molar-refractivity contribution >= 4 is 11.6 Å². The van der Waals surface area contributed by atoms with Crippen LogP contribution in [0.4, 0.5) is 5.69 Å². The molecule has 1 unspecified atom stereocenters. The number of amides is 1. The molecule has 92 valence electrons. The van der Waals surface area contributed by atoms with Gasteiger partial charge in [0.2, 0.25) is 5.91 Å². The Kier molecular flexibility index (Phi) is 3.98. The monoisotopic (exact) mass is 233 g/mol. The second-order valence-electron chi connectivity index (χ2n) is 4.25. The number of nitrogens with one attached hydrogen (secondary N) is 2. The topological polar surface area (TPSA) is 44.4 Å². The largest absolute Gasteiger partial charge is 0.358 e. The lowest BCUT2D eigenvalue weighted by atomic mass is 10.2. The molecule has 0 spiro atoms. The van der Waals surface area contributed by atoms with Gasteiger partial charge in [-0.1, -0.05) is 18.2 Å². The molecule has 1 atom stereocenters. The molecule has 1 aromatic carbocycles. The average molecular weight is 233 g/mol. The van der Waals surface area contributed by atoms with Crippen molar-refractivity contribution in [1.82, 2.24) is 10.6 Å². The van der Waals surface area contributed by atoms with Crippen LogP contribution in [-0.2, 0) is 4.79 Å². The summed E-state index contributed by atoms with van der Waals surface area (Å²) in [5.41, 5.74) is 1.12. The minimum absolute atomic E-state index is 0.112. The molecule has 0 aromatic heterocycles. The number of nitrogens with zero attached hydrogens (tertiary/aromatic N) is 1. The molecule has 2 rings (SSSR count). The third-order valence-corrected chi connectivity index (χ3v) is 3.04. The molecule has 0 aliphatic carbocycles. The van der Waals surface area contributed by atoms with Gasteiger partial charge in [-0.25, -0.2) is 0 Å². The molecule has 0 radical (unpaired) electrons. The third-order valence-electron chi connectivity index (χ3n) is 3.04. The molecular weight excluding hydrogens is 214 g/mol. The van der Waals surface area contributed by atoms with Crippen molar-refractivity contribution in [3.05, 3.63) is 30.3 Å². The highest BCUT2D eigenvalue weighted by molar-refractivity contribution is 5.86. The summed E-state index contributed by atoms with van der Waals surface area (Å²) in [6, 6.07) is 10.0. The van der Waals surface area contributed by atoms with Gasteiger partial charge in [0.15, 0.2) is 0 Å². The molecule has 1 fully saturated rings. The molecule has 0 saturated carbocycles. The number of para-hydroxylation sites is 1. The lowest BCUT2D eigenvalue weighted by Gasteiger charge is -2.30. The normalized spacial score (nSPS) is 20.9. The van der Waals surface area contributed by atoms with E-state index in [9.17, 15) is 4.79 Å². The van der Waals surface area contributed by atoms with E-state index in [1.165, 1.54) is 0 Å². The molecule has 4 nitrogen and oxygen atoms in total. The lowest BCUT2D eigenvalue weighted by Crippen LogP contribution is -2.49. The Bertz CT molecular complexity index is 366. The van der Waals surface area contributed by atoms with Gasteiger partial charge >= 0.3 is 0 Å². The van der Waals surface area contributed by atoms with Crippen LogP contribution in [0.25, 0.3) is 0 Å². The second kappa shape index (κ2) is 5.68. The Balaban J connectivity index is 2.24. The molecule has 1 amide bonds. The van der Waals surface area contributed by atoms with Gasteiger partial charge in [-0.15, -0.1) is 0 Å². The first kappa shape index (κ1) is 11.9. The van der Waals surface area contributed by atoms with E-state index < -0.39 is 0 Å².